The van der Waals surface area contributed by atoms with Crippen molar-refractivity contribution in [2.75, 3.05) is 23.3 Å². The molecule has 1 fully saturated rings. The van der Waals surface area contributed by atoms with Crippen LogP contribution in [-0.2, 0) is 0 Å². The molecule has 3 heterocycles. The fourth-order valence-corrected chi connectivity index (χ4v) is 3.92. The van der Waals surface area contributed by atoms with E-state index in [2.05, 4.69) is 20.2 Å². The maximum Gasteiger partial charge on any atom is 0.275 e. The monoisotopic (exact) mass is 380 g/mol. The number of aliphatic hydroxyl groups excluding tert-OH is 1. The summed E-state index contributed by atoms with van der Waals surface area (Å²) in [4.78, 5) is 24.2. The first kappa shape index (κ1) is 17.6. The van der Waals surface area contributed by atoms with E-state index < -0.39 is 0 Å². The van der Waals surface area contributed by atoms with Crippen LogP contribution in [-0.4, -0.2) is 40.2 Å². The van der Waals surface area contributed by atoms with Gasteiger partial charge in [-0.3, -0.25) is 9.78 Å². The predicted molar refractivity (Wildman–Crippen MR) is 107 cm³/mol. The lowest BCUT2D eigenvalue weighted by molar-refractivity contribution is 0.102. The molecule has 4 rings (SSSR count). The molecule has 27 heavy (non-hydrogen) atoms. The fraction of sp³-hybridized carbons (Fsp3) is 0.250. The van der Waals surface area contributed by atoms with E-state index in [0.29, 0.717) is 5.69 Å². The molecule has 6 nitrogen and oxygen atoms in total. The summed E-state index contributed by atoms with van der Waals surface area (Å²) in [7, 11) is 0. The van der Waals surface area contributed by atoms with Crippen LogP contribution in [0.3, 0.4) is 0 Å². The summed E-state index contributed by atoms with van der Waals surface area (Å²) in [6.07, 6.45) is 3.10. The molecule has 2 N–H and O–H groups in total. The van der Waals surface area contributed by atoms with Gasteiger partial charge < -0.3 is 15.3 Å². The zero-order chi connectivity index (χ0) is 18.6. The highest BCUT2D eigenvalue weighted by atomic mass is 32.1. The van der Waals surface area contributed by atoms with Crippen LogP contribution in [0.15, 0.2) is 54.2 Å². The highest BCUT2D eigenvalue weighted by Gasteiger charge is 2.19. The number of hydrogen-bond donors (Lipinski definition) is 2. The zero-order valence-electron chi connectivity index (χ0n) is 14.7. The third-order valence-corrected chi connectivity index (χ3v) is 5.48. The maximum atomic E-state index is 12.7. The smallest absolute Gasteiger partial charge is 0.275 e. The average molecular weight is 380 g/mol. The lowest BCUT2D eigenvalue weighted by Crippen LogP contribution is -2.35. The van der Waals surface area contributed by atoms with Crippen molar-refractivity contribution in [2.45, 2.75) is 18.9 Å². The summed E-state index contributed by atoms with van der Waals surface area (Å²) in [5.41, 5.74) is 4.61. The Hall–Kier alpha value is -2.77. The lowest BCUT2D eigenvalue weighted by atomic mass is 10.1. The van der Waals surface area contributed by atoms with Gasteiger partial charge in [-0.1, -0.05) is 6.07 Å². The minimum absolute atomic E-state index is 0.189. The third kappa shape index (κ3) is 3.99. The summed E-state index contributed by atoms with van der Waals surface area (Å²) in [5, 5.41) is 12.5. The first-order chi connectivity index (χ1) is 13.2. The van der Waals surface area contributed by atoms with E-state index in [-0.39, 0.29) is 12.0 Å². The van der Waals surface area contributed by atoms with Gasteiger partial charge in [0.05, 0.1) is 22.2 Å². The van der Waals surface area contributed by atoms with E-state index in [1.165, 1.54) is 11.3 Å². The lowest BCUT2D eigenvalue weighted by Gasteiger charge is -2.31. The van der Waals surface area contributed by atoms with E-state index >= 15 is 0 Å². The molecule has 1 aliphatic rings. The second-order valence-corrected chi connectivity index (χ2v) is 7.32. The molecule has 2 aromatic heterocycles. The Morgan fingerprint density at radius 2 is 1.89 bits per heavy atom. The number of benzene rings is 1. The summed E-state index contributed by atoms with van der Waals surface area (Å²) >= 11 is 1.40. The van der Waals surface area contributed by atoms with E-state index in [1.807, 2.05) is 42.5 Å². The molecule has 0 unspecified atom stereocenters. The summed E-state index contributed by atoms with van der Waals surface area (Å²) in [6.45, 7) is 1.69. The minimum atomic E-state index is -0.245. The van der Waals surface area contributed by atoms with Gasteiger partial charge in [0.2, 0.25) is 0 Å². The number of aromatic nitrogens is 2. The van der Waals surface area contributed by atoms with E-state index in [0.717, 1.165) is 47.9 Å². The van der Waals surface area contributed by atoms with Gasteiger partial charge in [-0.05, 0) is 49.2 Å². The van der Waals surface area contributed by atoms with Gasteiger partial charge in [0, 0.05) is 30.7 Å². The molecule has 0 saturated carbocycles. The molecule has 1 aliphatic heterocycles. The number of nitrogens with zero attached hydrogens (tertiary/aromatic N) is 3. The topological polar surface area (TPSA) is 78.4 Å². The van der Waals surface area contributed by atoms with Gasteiger partial charge in [0.25, 0.3) is 5.91 Å². The Morgan fingerprint density at radius 3 is 2.59 bits per heavy atom. The van der Waals surface area contributed by atoms with E-state index in [9.17, 15) is 9.90 Å². The first-order valence-corrected chi connectivity index (χ1v) is 9.78. The van der Waals surface area contributed by atoms with Crippen LogP contribution in [0, 0.1) is 0 Å². The SMILES string of the molecule is O=C(Nc1ccc(N2CCC(O)CC2)cc1)c1ncsc1-c1ccccn1. The maximum absolute atomic E-state index is 12.7. The van der Waals surface area contributed by atoms with Gasteiger partial charge in [-0.2, -0.15) is 0 Å². The molecule has 0 radical (unpaired) electrons. The van der Waals surface area contributed by atoms with Crippen LogP contribution in [0.2, 0.25) is 0 Å². The van der Waals surface area contributed by atoms with Gasteiger partial charge in [-0.15, -0.1) is 11.3 Å². The number of carbonyl (C=O) groups is 1. The van der Waals surface area contributed by atoms with Crippen LogP contribution in [0.5, 0.6) is 0 Å². The molecule has 1 amide bonds. The number of anilines is 2. The number of nitrogens with one attached hydrogen (secondary N) is 1. The van der Waals surface area contributed by atoms with E-state index in [1.54, 1.807) is 11.7 Å². The molecule has 138 valence electrons. The normalized spacial score (nSPS) is 14.9. The third-order valence-electron chi connectivity index (χ3n) is 4.63. The Morgan fingerprint density at radius 1 is 1.11 bits per heavy atom. The Bertz CT molecular complexity index is 903. The quantitative estimate of drug-likeness (QED) is 0.725. The summed E-state index contributed by atoms with van der Waals surface area (Å²) < 4.78 is 0. The molecule has 0 spiro atoms. The Balaban J connectivity index is 1.46. The molecular formula is C20H20N4O2S. The van der Waals surface area contributed by atoms with E-state index in [4.69, 9.17) is 0 Å². The summed E-state index contributed by atoms with van der Waals surface area (Å²) in [6, 6.07) is 13.4. The number of aliphatic hydroxyl groups is 1. The second kappa shape index (κ2) is 7.85. The molecule has 3 aromatic rings. The Labute approximate surface area is 161 Å². The number of rotatable bonds is 4. The minimum Gasteiger partial charge on any atom is -0.393 e. The number of hydrogen-bond acceptors (Lipinski definition) is 6. The number of pyridine rings is 1. The van der Waals surface area contributed by atoms with Gasteiger partial charge in [0.15, 0.2) is 0 Å². The largest absolute Gasteiger partial charge is 0.393 e. The van der Waals surface area contributed by atoms with Gasteiger partial charge in [0.1, 0.15) is 5.69 Å². The van der Waals surface area contributed by atoms with Gasteiger partial charge >= 0.3 is 0 Å². The second-order valence-electron chi connectivity index (χ2n) is 6.46. The molecule has 1 aromatic carbocycles. The number of carbonyl (C=O) groups excluding carboxylic acids is 1. The molecule has 0 bridgehead atoms. The number of thiazole rings is 1. The van der Waals surface area contributed by atoms with Crippen molar-refractivity contribution in [3.8, 4) is 10.6 Å². The van der Waals surface area contributed by atoms with Crippen LogP contribution in [0.1, 0.15) is 23.3 Å². The van der Waals surface area contributed by atoms with Crippen molar-refractivity contribution in [3.63, 3.8) is 0 Å². The van der Waals surface area contributed by atoms with Crippen molar-refractivity contribution in [1.29, 1.82) is 0 Å². The van der Waals surface area contributed by atoms with Crippen molar-refractivity contribution >= 4 is 28.6 Å². The van der Waals surface area contributed by atoms with Crippen molar-refractivity contribution in [2.24, 2.45) is 0 Å². The number of piperidine rings is 1. The highest BCUT2D eigenvalue weighted by molar-refractivity contribution is 7.13. The predicted octanol–water partition coefficient (Wildman–Crippen LogP) is 3.42. The molecule has 7 heteroatoms. The molecule has 1 saturated heterocycles. The first-order valence-electron chi connectivity index (χ1n) is 8.90. The average Bonchev–Trinajstić information content (AvgIpc) is 3.20. The van der Waals surface area contributed by atoms with Gasteiger partial charge in [-0.25, -0.2) is 4.98 Å². The van der Waals surface area contributed by atoms with Crippen molar-refractivity contribution in [3.05, 3.63) is 59.9 Å². The van der Waals surface area contributed by atoms with Crippen LogP contribution in [0.4, 0.5) is 11.4 Å². The van der Waals surface area contributed by atoms with Crippen LogP contribution >= 0.6 is 11.3 Å². The van der Waals surface area contributed by atoms with Crippen LogP contribution in [0.25, 0.3) is 10.6 Å². The molecule has 0 atom stereocenters. The highest BCUT2D eigenvalue weighted by Crippen LogP contribution is 2.27. The van der Waals surface area contributed by atoms with Crippen molar-refractivity contribution < 1.29 is 9.90 Å². The standard InChI is InChI=1S/C20H20N4O2S/c25-16-8-11-24(12-9-16)15-6-4-14(5-7-15)23-20(26)18-19(27-13-22-18)17-3-1-2-10-21-17/h1-7,10,13,16,25H,8-9,11-12H2,(H,23,26). The molecular weight excluding hydrogens is 360 g/mol. The van der Waals surface area contributed by atoms with Crippen LogP contribution < -0.4 is 10.2 Å². The fourth-order valence-electron chi connectivity index (χ4n) is 3.16. The molecule has 0 aliphatic carbocycles. The Kier molecular flexibility index (Phi) is 5.13. The number of amides is 1. The summed E-state index contributed by atoms with van der Waals surface area (Å²) in [5.74, 6) is -0.245. The van der Waals surface area contributed by atoms with Crippen molar-refractivity contribution in [1.82, 2.24) is 9.97 Å². The zero-order valence-corrected chi connectivity index (χ0v) is 15.5.